The Morgan fingerprint density at radius 2 is 2.36 bits per heavy atom. The molecule has 11 heavy (non-hydrogen) atoms. The lowest BCUT2D eigenvalue weighted by Gasteiger charge is -2.22. The first kappa shape index (κ1) is 7.50. The van der Waals surface area contributed by atoms with E-state index in [1.54, 1.807) is 0 Å². The summed E-state index contributed by atoms with van der Waals surface area (Å²) in [5.74, 6) is 0.104. The summed E-state index contributed by atoms with van der Waals surface area (Å²) in [6.07, 6.45) is 0.892. The van der Waals surface area contributed by atoms with E-state index in [1.165, 1.54) is 0 Å². The van der Waals surface area contributed by atoms with Gasteiger partial charge in [0, 0.05) is 24.5 Å². The number of hydrogen-bond donors (Lipinski definition) is 1. The van der Waals surface area contributed by atoms with Crippen LogP contribution in [-0.2, 0) is 0 Å². The van der Waals surface area contributed by atoms with E-state index >= 15 is 0 Å². The maximum absolute atomic E-state index is 13.2. The molecule has 0 bridgehead atoms. The molecule has 0 unspecified atom stereocenters. The molecular formula is C8H15FN2. The number of hydrogen-bond acceptors (Lipinski definition) is 2. The first-order valence-electron chi connectivity index (χ1n) is 4.23. The van der Waals surface area contributed by atoms with Crippen molar-refractivity contribution >= 4 is 0 Å². The van der Waals surface area contributed by atoms with Crippen molar-refractivity contribution in [2.45, 2.75) is 24.6 Å². The van der Waals surface area contributed by atoms with Crippen LogP contribution in [0.1, 0.15) is 12.8 Å². The zero-order valence-electron chi connectivity index (χ0n) is 6.89. The first-order chi connectivity index (χ1) is 5.12. The molecule has 2 fully saturated rings. The van der Waals surface area contributed by atoms with Crippen LogP contribution in [0.2, 0.25) is 0 Å². The topological polar surface area (TPSA) is 29.3 Å². The fraction of sp³-hybridized carbons (Fsp3) is 1.00. The maximum atomic E-state index is 13.2. The number of likely N-dealkylation sites (tertiary alicyclic amines) is 1. The van der Waals surface area contributed by atoms with E-state index in [0.29, 0.717) is 6.42 Å². The number of rotatable bonds is 0. The average Bonchev–Trinajstić information content (AvgIpc) is 2.32. The van der Waals surface area contributed by atoms with Gasteiger partial charge in [0.05, 0.1) is 0 Å². The molecule has 0 radical (unpaired) electrons. The monoisotopic (exact) mass is 158 g/mol. The minimum absolute atomic E-state index is 0.104. The predicted octanol–water partition coefficient (Wildman–Crippen LogP) is 0.377. The molecule has 1 saturated carbocycles. The third kappa shape index (κ3) is 0.983. The third-order valence-corrected chi connectivity index (χ3v) is 3.13. The first-order valence-corrected chi connectivity index (χ1v) is 4.23. The van der Waals surface area contributed by atoms with Crippen molar-refractivity contribution in [3.8, 4) is 0 Å². The molecule has 0 aromatic heterocycles. The molecule has 1 heterocycles. The minimum atomic E-state index is -0.648. The van der Waals surface area contributed by atoms with Crippen LogP contribution >= 0.6 is 0 Å². The van der Waals surface area contributed by atoms with Crippen molar-refractivity contribution in [1.82, 2.24) is 4.90 Å². The highest BCUT2D eigenvalue weighted by Crippen LogP contribution is 2.40. The van der Waals surface area contributed by atoms with Crippen LogP contribution in [0, 0.1) is 5.92 Å². The van der Waals surface area contributed by atoms with Crippen LogP contribution in [-0.4, -0.2) is 36.7 Å². The number of likely N-dealkylation sites (N-methyl/N-ethyl adjacent to an activating group) is 1. The summed E-state index contributed by atoms with van der Waals surface area (Å²) in [6.45, 7) is 1.72. The predicted molar refractivity (Wildman–Crippen MR) is 42.0 cm³/mol. The molecule has 2 aliphatic rings. The van der Waals surface area contributed by atoms with Gasteiger partial charge in [0.25, 0.3) is 0 Å². The quantitative estimate of drug-likeness (QED) is 0.552. The fourth-order valence-electron chi connectivity index (χ4n) is 2.55. The van der Waals surface area contributed by atoms with Crippen LogP contribution in [0.4, 0.5) is 4.39 Å². The molecule has 0 aromatic carbocycles. The van der Waals surface area contributed by atoms with Crippen molar-refractivity contribution in [1.29, 1.82) is 0 Å². The Balaban J connectivity index is 2.18. The van der Waals surface area contributed by atoms with Crippen LogP contribution in [0.25, 0.3) is 0 Å². The van der Waals surface area contributed by atoms with E-state index in [0.717, 1.165) is 19.5 Å². The Bertz CT molecular complexity index is 173. The number of alkyl halides is 1. The lowest BCUT2D eigenvalue weighted by atomic mass is 9.92. The largest absolute Gasteiger partial charge is 0.324 e. The second-order valence-electron chi connectivity index (χ2n) is 4.09. The van der Waals surface area contributed by atoms with Gasteiger partial charge in [-0.25, -0.2) is 4.39 Å². The minimum Gasteiger partial charge on any atom is -0.324 e. The van der Waals surface area contributed by atoms with Crippen LogP contribution in [0.15, 0.2) is 0 Å². The van der Waals surface area contributed by atoms with Gasteiger partial charge in [-0.2, -0.15) is 0 Å². The van der Waals surface area contributed by atoms with Crippen molar-refractivity contribution in [3.63, 3.8) is 0 Å². The number of nitrogens with zero attached hydrogens (tertiary/aromatic N) is 1. The van der Waals surface area contributed by atoms with Gasteiger partial charge in [-0.15, -0.1) is 0 Å². The molecule has 2 N–H and O–H groups in total. The highest BCUT2D eigenvalue weighted by molar-refractivity contribution is 5.07. The SMILES string of the molecule is CN1C[C@H]2[C@H](F)CC[C@@]2(N)C1. The molecule has 64 valence electrons. The van der Waals surface area contributed by atoms with Crippen molar-refractivity contribution in [2.75, 3.05) is 20.1 Å². The number of nitrogens with two attached hydrogens (primary N) is 1. The maximum Gasteiger partial charge on any atom is 0.106 e. The Hall–Kier alpha value is -0.150. The molecule has 2 nitrogen and oxygen atoms in total. The van der Waals surface area contributed by atoms with Gasteiger partial charge >= 0.3 is 0 Å². The highest BCUT2D eigenvalue weighted by atomic mass is 19.1. The normalized spacial score (nSPS) is 51.5. The average molecular weight is 158 g/mol. The molecule has 0 spiro atoms. The summed E-state index contributed by atoms with van der Waals surface area (Å²) in [4.78, 5) is 2.14. The summed E-state index contributed by atoms with van der Waals surface area (Å²) in [5, 5.41) is 0. The van der Waals surface area contributed by atoms with Gasteiger partial charge < -0.3 is 10.6 Å². The van der Waals surface area contributed by atoms with Gasteiger partial charge in [-0.1, -0.05) is 0 Å². The summed E-state index contributed by atoms with van der Waals surface area (Å²) in [5.41, 5.74) is 5.86. The molecular weight excluding hydrogens is 143 g/mol. The summed E-state index contributed by atoms with van der Waals surface area (Å²) in [6, 6.07) is 0. The van der Waals surface area contributed by atoms with E-state index in [2.05, 4.69) is 4.90 Å². The molecule has 0 aromatic rings. The second kappa shape index (κ2) is 2.17. The van der Waals surface area contributed by atoms with E-state index < -0.39 is 6.17 Å². The van der Waals surface area contributed by atoms with Gasteiger partial charge in [0.15, 0.2) is 0 Å². The lowest BCUT2D eigenvalue weighted by Crippen LogP contribution is -2.45. The molecule has 2 rings (SSSR count). The van der Waals surface area contributed by atoms with E-state index in [4.69, 9.17) is 5.73 Å². The Labute approximate surface area is 66.5 Å². The Morgan fingerprint density at radius 1 is 1.64 bits per heavy atom. The van der Waals surface area contributed by atoms with Crippen LogP contribution < -0.4 is 5.73 Å². The van der Waals surface area contributed by atoms with E-state index in [9.17, 15) is 4.39 Å². The molecule has 0 amide bonds. The summed E-state index contributed by atoms with van der Waals surface area (Å²) < 4.78 is 13.2. The van der Waals surface area contributed by atoms with Crippen molar-refractivity contribution in [3.05, 3.63) is 0 Å². The van der Waals surface area contributed by atoms with Crippen LogP contribution in [0.5, 0.6) is 0 Å². The van der Waals surface area contributed by atoms with Gasteiger partial charge in [-0.3, -0.25) is 0 Å². The number of halogens is 1. The third-order valence-electron chi connectivity index (χ3n) is 3.13. The summed E-state index contributed by atoms with van der Waals surface area (Å²) in [7, 11) is 2.01. The van der Waals surface area contributed by atoms with Crippen molar-refractivity contribution in [2.24, 2.45) is 11.7 Å². The number of fused-ring (bicyclic) bond motifs is 1. The zero-order valence-corrected chi connectivity index (χ0v) is 6.89. The van der Waals surface area contributed by atoms with E-state index in [-0.39, 0.29) is 11.5 Å². The summed E-state index contributed by atoms with van der Waals surface area (Å²) >= 11 is 0. The van der Waals surface area contributed by atoms with E-state index in [1.807, 2.05) is 7.05 Å². The Kier molecular flexibility index (Phi) is 1.48. The fourth-order valence-corrected chi connectivity index (χ4v) is 2.55. The Morgan fingerprint density at radius 3 is 3.00 bits per heavy atom. The van der Waals surface area contributed by atoms with Crippen molar-refractivity contribution < 1.29 is 4.39 Å². The molecule has 3 heteroatoms. The van der Waals surface area contributed by atoms with Gasteiger partial charge in [0.1, 0.15) is 6.17 Å². The molecule has 3 atom stereocenters. The second-order valence-corrected chi connectivity index (χ2v) is 4.09. The highest BCUT2D eigenvalue weighted by Gasteiger charge is 2.51. The van der Waals surface area contributed by atoms with Crippen LogP contribution in [0.3, 0.4) is 0 Å². The smallest absolute Gasteiger partial charge is 0.106 e. The molecule has 1 aliphatic heterocycles. The van der Waals surface area contributed by atoms with Gasteiger partial charge in [-0.05, 0) is 19.9 Å². The van der Waals surface area contributed by atoms with Gasteiger partial charge in [0.2, 0.25) is 0 Å². The lowest BCUT2D eigenvalue weighted by molar-refractivity contribution is 0.237. The molecule has 1 aliphatic carbocycles. The zero-order chi connectivity index (χ0) is 8.06. The standard InChI is InChI=1S/C8H15FN2/c1-11-4-6-7(9)2-3-8(6,10)5-11/h6-7H,2-5,10H2,1H3/t6-,7+,8+/m0/s1. The molecule has 1 saturated heterocycles.